The van der Waals surface area contributed by atoms with E-state index < -0.39 is 11.6 Å². The van der Waals surface area contributed by atoms with E-state index in [1.54, 1.807) is 6.92 Å². The SMILES string of the molecule is CC(N)Cc1cc(F)c(F)cc1OC(C)C. The Labute approximate surface area is 94.4 Å². The first kappa shape index (κ1) is 12.9. The molecule has 0 saturated carbocycles. The quantitative estimate of drug-likeness (QED) is 0.861. The highest BCUT2D eigenvalue weighted by Crippen LogP contribution is 2.24. The molecule has 0 radical (unpaired) electrons. The Morgan fingerprint density at radius 1 is 1.19 bits per heavy atom. The Kier molecular flexibility index (Phi) is 4.24. The van der Waals surface area contributed by atoms with Crippen LogP contribution in [0.25, 0.3) is 0 Å². The minimum atomic E-state index is -0.899. The summed E-state index contributed by atoms with van der Waals surface area (Å²) < 4.78 is 31.6. The lowest BCUT2D eigenvalue weighted by Gasteiger charge is -2.16. The van der Waals surface area contributed by atoms with Crippen molar-refractivity contribution in [3.8, 4) is 5.75 Å². The number of nitrogens with two attached hydrogens (primary N) is 1. The lowest BCUT2D eigenvalue weighted by molar-refractivity contribution is 0.237. The molecule has 0 aliphatic heterocycles. The van der Waals surface area contributed by atoms with Gasteiger partial charge in [0, 0.05) is 12.1 Å². The van der Waals surface area contributed by atoms with Gasteiger partial charge in [0.25, 0.3) is 0 Å². The molecule has 1 aromatic rings. The van der Waals surface area contributed by atoms with E-state index in [4.69, 9.17) is 10.5 Å². The van der Waals surface area contributed by atoms with E-state index in [0.29, 0.717) is 17.7 Å². The zero-order valence-corrected chi connectivity index (χ0v) is 9.76. The van der Waals surface area contributed by atoms with Crippen LogP contribution in [-0.2, 0) is 6.42 Å². The summed E-state index contributed by atoms with van der Waals surface area (Å²) in [6, 6.07) is 2.10. The van der Waals surface area contributed by atoms with Gasteiger partial charge >= 0.3 is 0 Å². The Bertz CT molecular complexity index is 329. The van der Waals surface area contributed by atoms with E-state index in [1.165, 1.54) is 0 Å². The van der Waals surface area contributed by atoms with Crippen LogP contribution >= 0.6 is 0 Å². The molecule has 0 spiro atoms. The second-order valence-corrected chi connectivity index (χ2v) is 4.22. The zero-order valence-electron chi connectivity index (χ0n) is 9.76. The minimum absolute atomic E-state index is 0.0864. The summed E-state index contributed by atoms with van der Waals surface area (Å²) in [5.41, 5.74) is 6.24. The molecule has 4 heteroatoms. The summed E-state index contributed by atoms with van der Waals surface area (Å²) in [4.78, 5) is 0. The number of benzene rings is 1. The van der Waals surface area contributed by atoms with E-state index in [9.17, 15) is 8.78 Å². The van der Waals surface area contributed by atoms with Gasteiger partial charge in [0.05, 0.1) is 6.10 Å². The minimum Gasteiger partial charge on any atom is -0.491 e. The van der Waals surface area contributed by atoms with Gasteiger partial charge in [-0.05, 0) is 38.8 Å². The monoisotopic (exact) mass is 229 g/mol. The van der Waals surface area contributed by atoms with Crippen LogP contribution in [0.4, 0.5) is 8.78 Å². The van der Waals surface area contributed by atoms with Crippen molar-refractivity contribution >= 4 is 0 Å². The molecular weight excluding hydrogens is 212 g/mol. The van der Waals surface area contributed by atoms with Gasteiger partial charge in [0.2, 0.25) is 0 Å². The fraction of sp³-hybridized carbons (Fsp3) is 0.500. The van der Waals surface area contributed by atoms with Gasteiger partial charge in [0.15, 0.2) is 11.6 Å². The number of ether oxygens (including phenoxy) is 1. The highest BCUT2D eigenvalue weighted by Gasteiger charge is 2.13. The Morgan fingerprint density at radius 3 is 2.25 bits per heavy atom. The van der Waals surface area contributed by atoms with Crippen molar-refractivity contribution in [2.24, 2.45) is 5.73 Å². The first-order chi connectivity index (χ1) is 7.40. The summed E-state index contributed by atoms with van der Waals surface area (Å²) in [5, 5.41) is 0. The van der Waals surface area contributed by atoms with Gasteiger partial charge in [-0.25, -0.2) is 8.78 Å². The summed E-state index contributed by atoms with van der Waals surface area (Å²) in [6.45, 7) is 5.47. The second-order valence-electron chi connectivity index (χ2n) is 4.22. The summed E-state index contributed by atoms with van der Waals surface area (Å²) in [7, 11) is 0. The van der Waals surface area contributed by atoms with Crippen LogP contribution in [0.3, 0.4) is 0 Å². The average Bonchev–Trinajstić information content (AvgIpc) is 2.11. The third-order valence-corrected chi connectivity index (χ3v) is 2.01. The van der Waals surface area contributed by atoms with Crippen molar-refractivity contribution in [3.63, 3.8) is 0 Å². The van der Waals surface area contributed by atoms with Crippen LogP contribution in [0.5, 0.6) is 5.75 Å². The molecule has 16 heavy (non-hydrogen) atoms. The predicted octanol–water partition coefficient (Wildman–Crippen LogP) is 2.64. The van der Waals surface area contributed by atoms with Gasteiger partial charge in [-0.2, -0.15) is 0 Å². The molecule has 0 aliphatic rings. The fourth-order valence-corrected chi connectivity index (χ4v) is 1.44. The van der Waals surface area contributed by atoms with E-state index in [2.05, 4.69) is 0 Å². The predicted molar refractivity (Wildman–Crippen MR) is 59.5 cm³/mol. The van der Waals surface area contributed by atoms with Crippen LogP contribution in [0.1, 0.15) is 26.3 Å². The maximum atomic E-state index is 13.1. The molecule has 1 unspecified atom stereocenters. The summed E-state index contributed by atoms with van der Waals surface area (Å²) in [5.74, 6) is -1.40. The molecule has 1 atom stereocenters. The molecule has 0 aliphatic carbocycles. The summed E-state index contributed by atoms with van der Waals surface area (Å²) >= 11 is 0. The second kappa shape index (κ2) is 5.25. The van der Waals surface area contributed by atoms with Crippen LogP contribution in [0, 0.1) is 11.6 Å². The smallest absolute Gasteiger partial charge is 0.162 e. The standard InChI is InChI=1S/C12H17F2NO/c1-7(2)16-12-6-11(14)10(13)5-9(12)4-8(3)15/h5-8H,4,15H2,1-3H3. The normalized spacial score (nSPS) is 12.9. The zero-order chi connectivity index (χ0) is 12.3. The first-order valence-electron chi connectivity index (χ1n) is 5.30. The third-order valence-electron chi connectivity index (χ3n) is 2.01. The third kappa shape index (κ3) is 3.45. The van der Waals surface area contributed by atoms with Crippen molar-refractivity contribution in [3.05, 3.63) is 29.3 Å². The Hall–Kier alpha value is -1.16. The first-order valence-corrected chi connectivity index (χ1v) is 5.30. The average molecular weight is 229 g/mol. The molecule has 2 N–H and O–H groups in total. The molecule has 0 bridgehead atoms. The van der Waals surface area contributed by atoms with E-state index in [0.717, 1.165) is 12.1 Å². The number of hydrogen-bond donors (Lipinski definition) is 1. The molecule has 1 aromatic carbocycles. The molecule has 0 amide bonds. The fourth-order valence-electron chi connectivity index (χ4n) is 1.44. The number of halogens is 2. The van der Waals surface area contributed by atoms with Crippen molar-refractivity contribution in [1.29, 1.82) is 0 Å². The van der Waals surface area contributed by atoms with Crippen molar-refractivity contribution in [1.82, 2.24) is 0 Å². The highest BCUT2D eigenvalue weighted by molar-refractivity contribution is 5.35. The van der Waals surface area contributed by atoms with Crippen molar-refractivity contribution < 1.29 is 13.5 Å². The largest absolute Gasteiger partial charge is 0.491 e. The van der Waals surface area contributed by atoms with E-state index >= 15 is 0 Å². The molecule has 0 heterocycles. The molecule has 2 nitrogen and oxygen atoms in total. The van der Waals surface area contributed by atoms with Gasteiger partial charge in [-0.1, -0.05) is 0 Å². The summed E-state index contributed by atoms with van der Waals surface area (Å²) in [6.07, 6.45) is 0.371. The van der Waals surface area contributed by atoms with Crippen molar-refractivity contribution in [2.45, 2.75) is 39.3 Å². The maximum Gasteiger partial charge on any atom is 0.162 e. The molecule has 90 valence electrons. The maximum absolute atomic E-state index is 13.1. The lowest BCUT2D eigenvalue weighted by Crippen LogP contribution is -2.19. The van der Waals surface area contributed by atoms with Crippen LogP contribution in [0.2, 0.25) is 0 Å². The highest BCUT2D eigenvalue weighted by atomic mass is 19.2. The molecule has 0 fully saturated rings. The Morgan fingerprint density at radius 2 is 1.75 bits per heavy atom. The van der Waals surface area contributed by atoms with Crippen LogP contribution in [0.15, 0.2) is 12.1 Å². The van der Waals surface area contributed by atoms with Gasteiger partial charge in [-0.15, -0.1) is 0 Å². The molecule has 0 saturated heterocycles. The van der Waals surface area contributed by atoms with Crippen LogP contribution in [-0.4, -0.2) is 12.1 Å². The topological polar surface area (TPSA) is 35.2 Å². The molecule has 1 rings (SSSR count). The van der Waals surface area contributed by atoms with Crippen LogP contribution < -0.4 is 10.5 Å². The van der Waals surface area contributed by atoms with E-state index in [-0.39, 0.29) is 12.1 Å². The molecular formula is C12H17F2NO. The van der Waals surface area contributed by atoms with Gasteiger partial charge in [-0.3, -0.25) is 0 Å². The lowest BCUT2D eigenvalue weighted by atomic mass is 10.1. The van der Waals surface area contributed by atoms with E-state index in [1.807, 2.05) is 13.8 Å². The van der Waals surface area contributed by atoms with Gasteiger partial charge < -0.3 is 10.5 Å². The Balaban J connectivity index is 3.06. The number of hydrogen-bond acceptors (Lipinski definition) is 2. The van der Waals surface area contributed by atoms with Gasteiger partial charge in [0.1, 0.15) is 5.75 Å². The molecule has 0 aromatic heterocycles. The van der Waals surface area contributed by atoms with Crippen molar-refractivity contribution in [2.75, 3.05) is 0 Å². The number of rotatable bonds is 4.